The number of ether oxygens (including phenoxy) is 1. The highest BCUT2D eigenvalue weighted by Gasteiger charge is 2.31. The summed E-state index contributed by atoms with van der Waals surface area (Å²) >= 11 is 0. The highest BCUT2D eigenvalue weighted by molar-refractivity contribution is 6.09. The maximum Gasteiger partial charge on any atom is 0.255 e. The smallest absolute Gasteiger partial charge is 0.255 e. The number of aromatic amines is 1. The Bertz CT molecular complexity index is 1370. The second kappa shape index (κ2) is 10.7. The minimum atomic E-state index is -0.532. The number of aliphatic hydroxyl groups excluding tert-OH is 1. The molecule has 2 amide bonds. The maximum atomic E-state index is 15.5. The van der Waals surface area contributed by atoms with Gasteiger partial charge in [-0.1, -0.05) is 13.0 Å². The molecule has 0 aliphatic heterocycles. The van der Waals surface area contributed by atoms with E-state index in [9.17, 15) is 9.59 Å². The van der Waals surface area contributed by atoms with E-state index in [2.05, 4.69) is 25.6 Å². The van der Waals surface area contributed by atoms with Crippen LogP contribution in [0.5, 0.6) is 5.75 Å². The summed E-state index contributed by atoms with van der Waals surface area (Å²) in [6.07, 6.45) is 5.69. The van der Waals surface area contributed by atoms with Crippen molar-refractivity contribution >= 4 is 22.8 Å². The summed E-state index contributed by atoms with van der Waals surface area (Å²) in [5, 5.41) is 15.0. The fourth-order valence-electron chi connectivity index (χ4n) is 5.34. The third kappa shape index (κ3) is 5.22. The summed E-state index contributed by atoms with van der Waals surface area (Å²) < 4.78 is 21.5. The van der Waals surface area contributed by atoms with Crippen molar-refractivity contribution in [2.75, 3.05) is 13.2 Å². The number of halogens is 1. The minimum Gasteiger partial charge on any atom is -0.492 e. The number of aliphatic hydroxyl groups is 1. The summed E-state index contributed by atoms with van der Waals surface area (Å²) in [5.74, 6) is 0.000303. The molecule has 38 heavy (non-hydrogen) atoms. The summed E-state index contributed by atoms with van der Waals surface area (Å²) in [7, 11) is 0. The fourth-order valence-corrected chi connectivity index (χ4v) is 5.34. The second-order valence-corrected chi connectivity index (χ2v) is 10.7. The Hall–Kier alpha value is -3.53. The van der Waals surface area contributed by atoms with Crippen LogP contribution in [0.1, 0.15) is 60.6 Å². The number of nitrogens with zero attached hydrogens (tertiary/aromatic N) is 2. The Morgan fingerprint density at radius 3 is 2.66 bits per heavy atom. The van der Waals surface area contributed by atoms with Crippen LogP contribution in [0.4, 0.5) is 4.39 Å². The largest absolute Gasteiger partial charge is 0.492 e. The first-order valence-corrected chi connectivity index (χ1v) is 13.2. The Balaban J connectivity index is 1.42. The molecule has 0 spiro atoms. The van der Waals surface area contributed by atoms with E-state index < -0.39 is 12.4 Å². The highest BCUT2D eigenvalue weighted by atomic mass is 19.1. The molecule has 2 heterocycles. The molecule has 10 heteroatoms. The topological polar surface area (TPSA) is 129 Å². The first kappa shape index (κ1) is 26.1. The molecule has 2 fully saturated rings. The van der Waals surface area contributed by atoms with Gasteiger partial charge in [0.15, 0.2) is 0 Å². The summed E-state index contributed by atoms with van der Waals surface area (Å²) in [5.41, 5.74) is 3.03. The number of H-pyrrole nitrogens is 1. The summed E-state index contributed by atoms with van der Waals surface area (Å²) in [6, 6.07) is 3.37. The molecule has 3 aromatic rings. The number of carbonyl (C=O) groups is 2. The monoisotopic (exact) mass is 523 g/mol. The zero-order chi connectivity index (χ0) is 27.0. The van der Waals surface area contributed by atoms with Gasteiger partial charge < -0.3 is 25.5 Å². The van der Waals surface area contributed by atoms with Crippen LogP contribution in [0.3, 0.4) is 0 Å². The Kier molecular flexibility index (Phi) is 7.34. The molecule has 1 aromatic carbocycles. The molecule has 3 atom stereocenters. The number of hydrogen-bond donors (Lipinski definition) is 4. The number of rotatable bonds is 8. The van der Waals surface area contributed by atoms with Crippen molar-refractivity contribution in [2.24, 2.45) is 11.8 Å². The molecule has 0 radical (unpaired) electrons. The van der Waals surface area contributed by atoms with Crippen molar-refractivity contribution < 1.29 is 23.8 Å². The molecule has 2 aromatic heterocycles. The van der Waals surface area contributed by atoms with Crippen LogP contribution in [0.2, 0.25) is 0 Å². The zero-order valence-corrected chi connectivity index (χ0v) is 21.9. The van der Waals surface area contributed by atoms with Gasteiger partial charge in [-0.3, -0.25) is 9.59 Å². The van der Waals surface area contributed by atoms with Gasteiger partial charge >= 0.3 is 0 Å². The van der Waals surface area contributed by atoms with E-state index in [0.717, 1.165) is 12.8 Å². The van der Waals surface area contributed by atoms with Crippen LogP contribution in [0.15, 0.2) is 18.5 Å². The lowest BCUT2D eigenvalue weighted by atomic mass is 9.82. The number of carbonyl (C=O) groups excluding carboxylic acids is 2. The van der Waals surface area contributed by atoms with Crippen molar-refractivity contribution in [3.05, 3.63) is 41.1 Å². The van der Waals surface area contributed by atoms with E-state index in [1.807, 2.05) is 6.92 Å². The Morgan fingerprint density at radius 1 is 1.16 bits per heavy atom. The average Bonchev–Trinajstić information content (AvgIpc) is 3.66. The third-order valence-electron chi connectivity index (χ3n) is 7.70. The lowest BCUT2D eigenvalue weighted by Gasteiger charge is -2.35. The molecular weight excluding hydrogens is 489 g/mol. The van der Waals surface area contributed by atoms with Gasteiger partial charge in [-0.05, 0) is 69.4 Å². The van der Waals surface area contributed by atoms with Gasteiger partial charge in [0.2, 0.25) is 5.91 Å². The molecule has 9 nitrogen and oxygen atoms in total. The first-order chi connectivity index (χ1) is 18.3. The standard InChI is InChI=1S/C28H34FN5O4/c1-14-4-9-20(38-12-17-5-6-17)23(24(14)29)26-27-25(30-13-31-26)22(16(3)32-27)28(37)34-19-8-7-18(10-15(19)2)33-21(36)11-35/h4,9,13,15,17-19,32,35H,5-8,10-12H2,1-3H3,(H,33,36)(H,34,37)/t15-,18-,19+/m1/s1. The summed E-state index contributed by atoms with van der Waals surface area (Å²) in [6.45, 7) is 5.53. The Labute approximate surface area is 220 Å². The number of nitrogens with one attached hydrogen (secondary N) is 3. The number of aromatic nitrogens is 3. The molecule has 0 unspecified atom stereocenters. The van der Waals surface area contributed by atoms with Gasteiger partial charge in [0.25, 0.3) is 5.91 Å². The fraction of sp³-hybridized carbons (Fsp3) is 0.500. The number of amides is 2. The van der Waals surface area contributed by atoms with Crippen molar-refractivity contribution in [3.63, 3.8) is 0 Å². The van der Waals surface area contributed by atoms with E-state index in [-0.39, 0.29) is 35.4 Å². The first-order valence-electron chi connectivity index (χ1n) is 13.2. The van der Waals surface area contributed by atoms with Gasteiger partial charge in [0.1, 0.15) is 35.7 Å². The molecule has 202 valence electrons. The van der Waals surface area contributed by atoms with E-state index >= 15 is 4.39 Å². The Morgan fingerprint density at radius 2 is 1.95 bits per heavy atom. The normalized spacial score (nSPS) is 21.3. The summed E-state index contributed by atoms with van der Waals surface area (Å²) in [4.78, 5) is 37.1. The molecule has 2 saturated carbocycles. The lowest BCUT2D eigenvalue weighted by molar-refractivity contribution is -0.124. The third-order valence-corrected chi connectivity index (χ3v) is 7.70. The number of benzene rings is 1. The highest BCUT2D eigenvalue weighted by Crippen LogP contribution is 2.39. The number of fused-ring (bicyclic) bond motifs is 1. The molecule has 0 bridgehead atoms. The molecule has 2 aliphatic carbocycles. The van der Waals surface area contributed by atoms with Gasteiger partial charge in [-0.15, -0.1) is 0 Å². The second-order valence-electron chi connectivity index (χ2n) is 10.7. The van der Waals surface area contributed by atoms with Crippen LogP contribution in [0, 0.1) is 31.5 Å². The van der Waals surface area contributed by atoms with Crippen LogP contribution < -0.4 is 15.4 Å². The van der Waals surface area contributed by atoms with Crippen LogP contribution in [0.25, 0.3) is 22.3 Å². The minimum absolute atomic E-state index is 0.0246. The lowest BCUT2D eigenvalue weighted by Crippen LogP contribution is -2.48. The molecule has 2 aliphatic rings. The van der Waals surface area contributed by atoms with Crippen molar-refractivity contribution in [3.8, 4) is 17.0 Å². The molecule has 5 rings (SSSR count). The zero-order valence-electron chi connectivity index (χ0n) is 21.9. The van der Waals surface area contributed by atoms with Gasteiger partial charge in [-0.2, -0.15) is 0 Å². The number of hydrogen-bond acceptors (Lipinski definition) is 6. The van der Waals surface area contributed by atoms with E-state index in [1.165, 1.54) is 6.33 Å². The predicted octanol–water partition coefficient (Wildman–Crippen LogP) is 3.57. The predicted molar refractivity (Wildman–Crippen MR) is 140 cm³/mol. The van der Waals surface area contributed by atoms with Crippen LogP contribution in [-0.4, -0.2) is 57.2 Å². The van der Waals surface area contributed by atoms with Crippen molar-refractivity contribution in [1.29, 1.82) is 0 Å². The van der Waals surface area contributed by atoms with E-state index in [4.69, 9.17) is 9.84 Å². The van der Waals surface area contributed by atoms with E-state index in [1.54, 1.807) is 26.0 Å². The van der Waals surface area contributed by atoms with Crippen molar-refractivity contribution in [1.82, 2.24) is 25.6 Å². The number of aryl methyl sites for hydroxylation is 2. The van der Waals surface area contributed by atoms with Crippen LogP contribution >= 0.6 is 0 Å². The van der Waals surface area contributed by atoms with Gasteiger partial charge in [0.05, 0.1) is 23.3 Å². The van der Waals surface area contributed by atoms with E-state index in [0.29, 0.717) is 71.1 Å². The van der Waals surface area contributed by atoms with Gasteiger partial charge in [-0.25, -0.2) is 14.4 Å². The molecular formula is C28H34FN5O4. The van der Waals surface area contributed by atoms with Crippen LogP contribution in [-0.2, 0) is 4.79 Å². The maximum absolute atomic E-state index is 15.5. The SMILES string of the molecule is Cc1ccc(OCC2CC2)c(-c2ncnc3c(C(=O)N[C@H]4CC[C@@H](NC(=O)CO)C[C@H]4C)c(C)[nH]c23)c1F. The van der Waals surface area contributed by atoms with Gasteiger partial charge in [0, 0.05) is 17.8 Å². The molecule has 4 N–H and O–H groups in total. The quantitative estimate of drug-likeness (QED) is 0.357. The molecule has 0 saturated heterocycles. The average molecular weight is 524 g/mol. The van der Waals surface area contributed by atoms with Crippen molar-refractivity contribution in [2.45, 2.75) is 65.0 Å².